The van der Waals surface area contributed by atoms with Gasteiger partial charge in [0.1, 0.15) is 0 Å². The van der Waals surface area contributed by atoms with E-state index in [2.05, 4.69) is 26.4 Å². The summed E-state index contributed by atoms with van der Waals surface area (Å²) in [4.78, 5) is 11.8. The van der Waals surface area contributed by atoms with Crippen molar-refractivity contribution < 1.29 is 4.74 Å². The Balaban J connectivity index is 1.36. The summed E-state index contributed by atoms with van der Waals surface area (Å²) in [6.07, 6.45) is 7.01. The minimum Gasteiger partial charge on any atom is -0.380 e. The van der Waals surface area contributed by atoms with E-state index >= 15 is 0 Å². The quantitative estimate of drug-likeness (QED) is 0.679. The smallest absolute Gasteiger partial charge is 0.227 e. The van der Waals surface area contributed by atoms with Gasteiger partial charge in [0.15, 0.2) is 0 Å². The van der Waals surface area contributed by atoms with E-state index in [-0.39, 0.29) is 0 Å². The van der Waals surface area contributed by atoms with Crippen molar-refractivity contribution in [2.75, 3.05) is 31.6 Å². The van der Waals surface area contributed by atoms with E-state index in [0.29, 0.717) is 17.9 Å². The molecule has 7 nitrogen and oxygen atoms in total. The van der Waals surface area contributed by atoms with Gasteiger partial charge in [-0.2, -0.15) is 5.10 Å². The Morgan fingerprint density at radius 3 is 2.70 bits per heavy atom. The van der Waals surface area contributed by atoms with Gasteiger partial charge >= 0.3 is 0 Å². The molecule has 30 heavy (non-hydrogen) atoms. The maximum Gasteiger partial charge on any atom is 0.227 e. The van der Waals surface area contributed by atoms with Crippen molar-refractivity contribution in [2.24, 2.45) is 7.05 Å². The number of anilines is 2. The highest BCUT2D eigenvalue weighted by Gasteiger charge is 2.29. The zero-order valence-electron chi connectivity index (χ0n) is 17.4. The third-order valence-corrected chi connectivity index (χ3v) is 6.90. The van der Waals surface area contributed by atoms with E-state index in [1.165, 1.54) is 5.56 Å². The predicted molar refractivity (Wildman–Crippen MR) is 119 cm³/mol. The number of aryl methyl sites for hydroxylation is 1. The molecular formula is C22H27ClN6O. The number of benzene rings is 1. The van der Waals surface area contributed by atoms with Crippen molar-refractivity contribution in [3.05, 3.63) is 40.8 Å². The Morgan fingerprint density at radius 2 is 2.00 bits per heavy atom. The number of hydrogen-bond acceptors (Lipinski definition) is 6. The Labute approximate surface area is 181 Å². The summed E-state index contributed by atoms with van der Waals surface area (Å²) in [6, 6.07) is 4.75. The van der Waals surface area contributed by atoms with Crippen LogP contribution in [0.15, 0.2) is 24.5 Å². The van der Waals surface area contributed by atoms with Gasteiger partial charge in [-0.25, -0.2) is 9.97 Å². The van der Waals surface area contributed by atoms with Crippen molar-refractivity contribution in [2.45, 2.75) is 38.1 Å². The van der Waals surface area contributed by atoms with Crippen LogP contribution in [0.1, 0.15) is 36.4 Å². The van der Waals surface area contributed by atoms with Crippen molar-refractivity contribution in [1.29, 1.82) is 0 Å². The summed E-state index contributed by atoms with van der Waals surface area (Å²) in [5.41, 5.74) is 4.07. The fourth-order valence-electron chi connectivity index (χ4n) is 4.57. The van der Waals surface area contributed by atoms with E-state index in [0.717, 1.165) is 72.9 Å². The van der Waals surface area contributed by atoms with Gasteiger partial charge in [0, 0.05) is 36.3 Å². The van der Waals surface area contributed by atoms with Crippen LogP contribution >= 0.6 is 11.6 Å². The summed E-state index contributed by atoms with van der Waals surface area (Å²) in [5, 5.41) is 9.32. The Kier molecular flexibility index (Phi) is 5.35. The molecule has 1 aromatic carbocycles. The Bertz CT molecular complexity index is 1050. The van der Waals surface area contributed by atoms with E-state index in [1.54, 1.807) is 6.20 Å². The molecule has 158 valence electrons. The van der Waals surface area contributed by atoms with Crippen LogP contribution in [-0.4, -0.2) is 57.0 Å². The summed E-state index contributed by atoms with van der Waals surface area (Å²) in [7, 11) is 1.92. The van der Waals surface area contributed by atoms with Gasteiger partial charge in [-0.05, 0) is 62.9 Å². The van der Waals surface area contributed by atoms with Crippen molar-refractivity contribution in [3.63, 3.8) is 0 Å². The van der Waals surface area contributed by atoms with E-state index in [1.807, 2.05) is 30.9 Å². The van der Waals surface area contributed by atoms with Gasteiger partial charge in [-0.3, -0.25) is 9.58 Å². The molecule has 3 aromatic rings. The number of fused-ring (bicyclic) bond motifs is 1. The molecule has 0 bridgehead atoms. The van der Waals surface area contributed by atoms with E-state index in [4.69, 9.17) is 21.3 Å². The average molecular weight is 427 g/mol. The van der Waals surface area contributed by atoms with Crippen molar-refractivity contribution in [1.82, 2.24) is 24.6 Å². The second-order valence-corrected chi connectivity index (χ2v) is 8.75. The third-order valence-electron chi connectivity index (χ3n) is 6.57. The van der Waals surface area contributed by atoms with Crippen LogP contribution in [0.3, 0.4) is 0 Å². The van der Waals surface area contributed by atoms with Crippen LogP contribution in [0.2, 0.25) is 5.02 Å². The number of rotatable bonds is 4. The highest BCUT2D eigenvalue weighted by atomic mass is 35.5. The maximum atomic E-state index is 6.68. The second-order valence-electron chi connectivity index (χ2n) is 8.35. The van der Waals surface area contributed by atoms with Gasteiger partial charge in [0.25, 0.3) is 0 Å². The van der Waals surface area contributed by atoms with Crippen LogP contribution < -0.4 is 5.32 Å². The maximum absolute atomic E-state index is 6.68. The summed E-state index contributed by atoms with van der Waals surface area (Å²) in [5.74, 6) is 1.04. The molecule has 8 heteroatoms. The first-order valence-corrected chi connectivity index (χ1v) is 11.0. The zero-order chi connectivity index (χ0) is 20.7. The van der Waals surface area contributed by atoms with Gasteiger partial charge in [-0.1, -0.05) is 11.6 Å². The fraction of sp³-hybridized carbons (Fsp3) is 0.500. The number of piperidine rings is 1. The Morgan fingerprint density at radius 1 is 1.17 bits per heavy atom. The minimum absolute atomic E-state index is 0.465. The zero-order valence-corrected chi connectivity index (χ0v) is 18.2. The molecule has 0 radical (unpaired) electrons. The monoisotopic (exact) mass is 426 g/mol. The summed E-state index contributed by atoms with van der Waals surface area (Å²) >= 11 is 6.68. The molecule has 0 amide bonds. The molecule has 0 aliphatic carbocycles. The summed E-state index contributed by atoms with van der Waals surface area (Å²) < 4.78 is 7.39. The Hall–Kier alpha value is -2.22. The van der Waals surface area contributed by atoms with Gasteiger partial charge < -0.3 is 10.1 Å². The number of aromatic nitrogens is 4. The molecule has 5 rings (SSSR count). The standard InChI is InChI=1S/C22H27ClN6O/c1-14-21(12-25-28(14)2)27-22-24-11-16-9-19(23)18(10-20(16)26-22)15-3-6-29(7-4-15)17-5-8-30-13-17/h9-12,15,17H,3-8,13H2,1-2H3,(H,24,26,27). The number of ether oxygens (including phenoxy) is 1. The fourth-order valence-corrected chi connectivity index (χ4v) is 4.89. The van der Waals surface area contributed by atoms with Gasteiger partial charge in [0.05, 0.1) is 29.7 Å². The third kappa shape index (κ3) is 3.77. The molecule has 2 aliphatic heterocycles. The number of likely N-dealkylation sites (tertiary alicyclic amines) is 1. The lowest BCUT2D eigenvalue weighted by atomic mass is 9.88. The van der Waals surface area contributed by atoms with Crippen LogP contribution in [0.25, 0.3) is 10.9 Å². The molecule has 1 unspecified atom stereocenters. The first-order valence-electron chi connectivity index (χ1n) is 10.6. The molecule has 2 saturated heterocycles. The van der Waals surface area contributed by atoms with Crippen LogP contribution in [-0.2, 0) is 11.8 Å². The van der Waals surface area contributed by atoms with Crippen LogP contribution in [0, 0.1) is 6.92 Å². The molecular weight excluding hydrogens is 400 g/mol. The molecule has 1 N–H and O–H groups in total. The topological polar surface area (TPSA) is 68.1 Å². The SMILES string of the molecule is Cc1c(Nc2ncc3cc(Cl)c(C4CCN(C5CCOC5)CC4)cc3n2)cnn1C. The van der Waals surface area contributed by atoms with Crippen LogP contribution in [0.4, 0.5) is 11.6 Å². The lowest BCUT2D eigenvalue weighted by molar-refractivity contribution is 0.122. The molecule has 2 aliphatic rings. The lowest BCUT2D eigenvalue weighted by Crippen LogP contribution is -2.41. The lowest BCUT2D eigenvalue weighted by Gasteiger charge is -2.35. The second kappa shape index (κ2) is 8.13. The molecule has 0 spiro atoms. The normalized spacial score (nSPS) is 20.8. The number of nitrogens with one attached hydrogen (secondary N) is 1. The molecule has 2 fully saturated rings. The predicted octanol–water partition coefficient (Wildman–Crippen LogP) is 4.04. The largest absolute Gasteiger partial charge is 0.380 e. The first kappa shape index (κ1) is 19.7. The first-order chi connectivity index (χ1) is 14.6. The van der Waals surface area contributed by atoms with Gasteiger partial charge in [0.2, 0.25) is 5.95 Å². The number of hydrogen-bond donors (Lipinski definition) is 1. The van der Waals surface area contributed by atoms with E-state index in [9.17, 15) is 0 Å². The molecule has 4 heterocycles. The van der Waals surface area contributed by atoms with Crippen molar-refractivity contribution >= 4 is 34.1 Å². The van der Waals surface area contributed by atoms with E-state index < -0.39 is 0 Å². The minimum atomic E-state index is 0.465. The molecule has 1 atom stereocenters. The number of nitrogens with zero attached hydrogens (tertiary/aromatic N) is 5. The molecule has 0 saturated carbocycles. The highest BCUT2D eigenvalue weighted by Crippen LogP contribution is 2.36. The highest BCUT2D eigenvalue weighted by molar-refractivity contribution is 6.32. The summed E-state index contributed by atoms with van der Waals surface area (Å²) in [6.45, 7) is 5.99. The number of halogens is 1. The van der Waals surface area contributed by atoms with Crippen molar-refractivity contribution in [3.8, 4) is 0 Å². The average Bonchev–Trinajstić information content (AvgIpc) is 3.40. The van der Waals surface area contributed by atoms with Gasteiger partial charge in [-0.15, -0.1) is 0 Å². The van der Waals surface area contributed by atoms with Crippen LogP contribution in [0.5, 0.6) is 0 Å². The molecule has 2 aromatic heterocycles.